The average Bonchev–Trinajstić information content (AvgIpc) is 3.20. The zero-order valence-electron chi connectivity index (χ0n) is 15.6. The number of hydrogen-bond donors (Lipinski definition) is 0. The molecule has 2 aliphatic heterocycles. The third-order valence-electron chi connectivity index (χ3n) is 5.07. The third-order valence-corrected chi connectivity index (χ3v) is 5.07. The van der Waals surface area contributed by atoms with Crippen molar-refractivity contribution in [3.8, 4) is 11.3 Å². The Kier molecular flexibility index (Phi) is 5.52. The number of rotatable bonds is 4. The molecule has 7 nitrogen and oxygen atoms in total. The molecule has 0 aliphatic carbocycles. The molecule has 0 bridgehead atoms. The summed E-state index contributed by atoms with van der Waals surface area (Å²) in [6, 6.07) is 9.73. The topological polar surface area (TPSA) is 68.0 Å². The summed E-state index contributed by atoms with van der Waals surface area (Å²) in [7, 11) is 0. The van der Waals surface area contributed by atoms with Gasteiger partial charge >= 0.3 is 0 Å². The van der Waals surface area contributed by atoms with Crippen molar-refractivity contribution in [2.45, 2.75) is 13.0 Å². The van der Waals surface area contributed by atoms with E-state index in [4.69, 9.17) is 14.0 Å². The Labute approximate surface area is 158 Å². The molecule has 1 unspecified atom stereocenters. The first-order chi connectivity index (χ1) is 13.2. The molecule has 2 aliphatic rings. The van der Waals surface area contributed by atoms with Crippen LogP contribution in [0.4, 0.5) is 0 Å². The summed E-state index contributed by atoms with van der Waals surface area (Å²) in [6.45, 7) is 7.88. The fourth-order valence-electron chi connectivity index (χ4n) is 3.46. The zero-order chi connectivity index (χ0) is 18.6. The largest absolute Gasteiger partial charge is 0.376 e. The van der Waals surface area contributed by atoms with Crippen LogP contribution in [0.3, 0.4) is 0 Å². The lowest BCUT2D eigenvalue weighted by Gasteiger charge is -2.36. The number of hydrogen-bond acceptors (Lipinski definition) is 6. The van der Waals surface area contributed by atoms with Gasteiger partial charge in [0.15, 0.2) is 0 Å². The van der Waals surface area contributed by atoms with Crippen LogP contribution in [0.1, 0.15) is 16.1 Å². The van der Waals surface area contributed by atoms with Gasteiger partial charge in [0.05, 0.1) is 25.9 Å². The fraction of sp³-hybridized carbons (Fsp3) is 0.500. The SMILES string of the molecule is Cc1ccc(-c2cc(C(=O)N3CCN(CC4COCCO4)CC3)on2)cc1. The number of ether oxygens (including phenoxy) is 2. The van der Waals surface area contributed by atoms with Crippen LogP contribution in [0, 0.1) is 6.92 Å². The Bertz CT molecular complexity index is 760. The van der Waals surface area contributed by atoms with E-state index in [1.165, 1.54) is 5.56 Å². The molecule has 1 aromatic carbocycles. The van der Waals surface area contributed by atoms with Gasteiger partial charge in [-0.2, -0.15) is 0 Å². The molecule has 2 aromatic rings. The molecule has 1 amide bonds. The number of aromatic nitrogens is 1. The Morgan fingerprint density at radius 3 is 2.63 bits per heavy atom. The van der Waals surface area contributed by atoms with E-state index in [2.05, 4.69) is 10.1 Å². The summed E-state index contributed by atoms with van der Waals surface area (Å²) in [5.74, 6) is 0.195. The minimum Gasteiger partial charge on any atom is -0.376 e. The van der Waals surface area contributed by atoms with Crippen LogP contribution in [0.25, 0.3) is 11.3 Å². The van der Waals surface area contributed by atoms with Crippen molar-refractivity contribution in [3.63, 3.8) is 0 Å². The second kappa shape index (κ2) is 8.21. The summed E-state index contributed by atoms with van der Waals surface area (Å²) in [6.07, 6.45) is 0.132. The van der Waals surface area contributed by atoms with Gasteiger partial charge < -0.3 is 18.9 Å². The van der Waals surface area contributed by atoms with Gasteiger partial charge in [-0.15, -0.1) is 0 Å². The zero-order valence-corrected chi connectivity index (χ0v) is 15.6. The maximum atomic E-state index is 12.7. The van der Waals surface area contributed by atoms with Crippen LogP contribution in [-0.2, 0) is 9.47 Å². The lowest BCUT2D eigenvalue weighted by molar-refractivity contribution is -0.0994. The van der Waals surface area contributed by atoms with Crippen LogP contribution < -0.4 is 0 Å². The molecule has 2 saturated heterocycles. The van der Waals surface area contributed by atoms with Gasteiger partial charge in [-0.25, -0.2) is 0 Å². The van der Waals surface area contributed by atoms with Gasteiger partial charge in [-0.3, -0.25) is 9.69 Å². The van der Waals surface area contributed by atoms with Gasteiger partial charge in [0.1, 0.15) is 5.69 Å². The van der Waals surface area contributed by atoms with Crippen LogP contribution in [0.15, 0.2) is 34.9 Å². The molecule has 0 N–H and O–H groups in total. The summed E-state index contributed by atoms with van der Waals surface area (Å²) < 4.78 is 16.5. The molecule has 0 spiro atoms. The second-order valence-electron chi connectivity index (χ2n) is 7.10. The van der Waals surface area contributed by atoms with Crippen molar-refractivity contribution in [1.82, 2.24) is 15.0 Å². The highest BCUT2D eigenvalue weighted by atomic mass is 16.6. The minimum absolute atomic E-state index is 0.0993. The van der Waals surface area contributed by atoms with E-state index >= 15 is 0 Å². The standard InChI is InChI=1S/C20H25N3O4/c1-15-2-4-16(5-3-15)18-12-19(27-21-18)20(24)23-8-6-22(7-9-23)13-17-14-25-10-11-26-17/h2-5,12,17H,6-11,13-14H2,1H3. The first-order valence-corrected chi connectivity index (χ1v) is 9.44. The van der Waals surface area contributed by atoms with Crippen molar-refractivity contribution in [1.29, 1.82) is 0 Å². The molecule has 2 fully saturated rings. The molecule has 4 rings (SSSR count). The van der Waals surface area contributed by atoms with Crippen LogP contribution in [0.5, 0.6) is 0 Å². The van der Waals surface area contributed by atoms with Gasteiger partial charge in [-0.05, 0) is 6.92 Å². The van der Waals surface area contributed by atoms with Crippen LogP contribution in [0.2, 0.25) is 0 Å². The van der Waals surface area contributed by atoms with E-state index in [0.29, 0.717) is 44.4 Å². The van der Waals surface area contributed by atoms with Crippen molar-refractivity contribution in [2.75, 3.05) is 52.5 Å². The van der Waals surface area contributed by atoms with E-state index in [1.54, 1.807) is 6.07 Å². The Morgan fingerprint density at radius 2 is 1.93 bits per heavy atom. The smallest absolute Gasteiger partial charge is 0.292 e. The first-order valence-electron chi connectivity index (χ1n) is 9.44. The van der Waals surface area contributed by atoms with Crippen LogP contribution >= 0.6 is 0 Å². The molecular weight excluding hydrogens is 346 g/mol. The fourth-order valence-corrected chi connectivity index (χ4v) is 3.46. The van der Waals surface area contributed by atoms with E-state index in [1.807, 2.05) is 36.1 Å². The predicted octanol–water partition coefficient (Wildman–Crippen LogP) is 1.82. The van der Waals surface area contributed by atoms with E-state index in [9.17, 15) is 4.79 Å². The Balaban J connectivity index is 1.32. The van der Waals surface area contributed by atoms with Crippen LogP contribution in [-0.4, -0.2) is 79.5 Å². The van der Waals surface area contributed by atoms with Crippen molar-refractivity contribution >= 4 is 5.91 Å². The Morgan fingerprint density at radius 1 is 1.15 bits per heavy atom. The summed E-state index contributed by atoms with van der Waals surface area (Å²) in [4.78, 5) is 16.9. The average molecular weight is 371 g/mol. The van der Waals surface area contributed by atoms with Crippen molar-refractivity contribution in [3.05, 3.63) is 41.7 Å². The van der Waals surface area contributed by atoms with Gasteiger partial charge in [0, 0.05) is 44.4 Å². The maximum Gasteiger partial charge on any atom is 0.292 e. The third kappa shape index (κ3) is 4.37. The van der Waals surface area contributed by atoms with Crippen molar-refractivity contribution in [2.24, 2.45) is 0 Å². The van der Waals surface area contributed by atoms with Gasteiger partial charge in [-0.1, -0.05) is 35.0 Å². The van der Waals surface area contributed by atoms with E-state index in [-0.39, 0.29) is 12.0 Å². The number of aryl methyl sites for hydroxylation is 1. The normalized spacial score (nSPS) is 21.4. The highest BCUT2D eigenvalue weighted by molar-refractivity contribution is 5.92. The summed E-state index contributed by atoms with van der Waals surface area (Å²) in [5.41, 5.74) is 2.82. The van der Waals surface area contributed by atoms with Gasteiger partial charge in [0.2, 0.25) is 5.76 Å². The number of carbonyl (C=O) groups excluding carboxylic acids is 1. The molecule has 1 atom stereocenters. The molecule has 0 radical (unpaired) electrons. The van der Waals surface area contributed by atoms with E-state index in [0.717, 1.165) is 25.2 Å². The number of nitrogens with zero attached hydrogens (tertiary/aromatic N) is 3. The number of carbonyl (C=O) groups is 1. The quantitative estimate of drug-likeness (QED) is 0.817. The molecule has 3 heterocycles. The summed E-state index contributed by atoms with van der Waals surface area (Å²) >= 11 is 0. The molecule has 1 aromatic heterocycles. The molecule has 144 valence electrons. The Hall–Kier alpha value is -2.22. The molecule has 7 heteroatoms. The number of amides is 1. The molecule has 0 saturated carbocycles. The predicted molar refractivity (Wildman–Crippen MR) is 99.6 cm³/mol. The monoisotopic (exact) mass is 371 g/mol. The highest BCUT2D eigenvalue weighted by Gasteiger charge is 2.27. The summed E-state index contributed by atoms with van der Waals surface area (Å²) in [5, 5.41) is 4.06. The van der Waals surface area contributed by atoms with E-state index < -0.39 is 0 Å². The second-order valence-corrected chi connectivity index (χ2v) is 7.10. The van der Waals surface area contributed by atoms with Crippen molar-refractivity contribution < 1.29 is 18.8 Å². The molecular formula is C20H25N3O4. The number of benzene rings is 1. The first kappa shape index (κ1) is 18.2. The lowest BCUT2D eigenvalue weighted by Crippen LogP contribution is -2.51. The molecule has 27 heavy (non-hydrogen) atoms. The lowest BCUT2D eigenvalue weighted by atomic mass is 10.1. The maximum absolute atomic E-state index is 12.7. The number of piperazine rings is 1. The highest BCUT2D eigenvalue weighted by Crippen LogP contribution is 2.21. The van der Waals surface area contributed by atoms with Gasteiger partial charge in [0.25, 0.3) is 5.91 Å². The minimum atomic E-state index is -0.0993.